The van der Waals surface area contributed by atoms with E-state index in [1.165, 1.54) is 6.07 Å². The minimum atomic E-state index is -1.02. The lowest BCUT2D eigenvalue weighted by Crippen LogP contribution is -1.97. The van der Waals surface area contributed by atoms with Crippen LogP contribution in [0.1, 0.15) is 34.4 Å². The number of carboxylic acids is 1. The quantitative estimate of drug-likeness (QED) is 0.884. The standard InChI is InChI=1S/C16H16O5/c1-10(17)7-12-3-5-13(6-4-12)20-9-14-8-15(16(18)19)11(2)21-14/h3-6,8H,7,9H2,1-2H3,(H,18,19). The van der Waals surface area contributed by atoms with Crippen LogP contribution in [0.25, 0.3) is 0 Å². The van der Waals surface area contributed by atoms with Gasteiger partial charge in [0.1, 0.15) is 35.2 Å². The van der Waals surface area contributed by atoms with E-state index in [2.05, 4.69) is 0 Å². The normalized spacial score (nSPS) is 10.4. The predicted molar refractivity (Wildman–Crippen MR) is 75.6 cm³/mol. The third-order valence-corrected chi connectivity index (χ3v) is 2.96. The first-order chi connectivity index (χ1) is 9.95. The first-order valence-electron chi connectivity index (χ1n) is 6.49. The second-order valence-electron chi connectivity index (χ2n) is 4.80. The van der Waals surface area contributed by atoms with Crippen LogP contribution < -0.4 is 4.74 Å². The van der Waals surface area contributed by atoms with Crippen molar-refractivity contribution in [2.45, 2.75) is 26.9 Å². The highest BCUT2D eigenvalue weighted by atomic mass is 16.5. The molecule has 5 nitrogen and oxygen atoms in total. The van der Waals surface area contributed by atoms with Crippen LogP contribution in [-0.2, 0) is 17.8 Å². The molecule has 5 heteroatoms. The summed E-state index contributed by atoms with van der Waals surface area (Å²) in [5.41, 5.74) is 1.07. The fourth-order valence-electron chi connectivity index (χ4n) is 1.97. The van der Waals surface area contributed by atoms with Gasteiger partial charge in [-0.15, -0.1) is 0 Å². The largest absolute Gasteiger partial charge is 0.486 e. The van der Waals surface area contributed by atoms with Gasteiger partial charge in [-0.05, 0) is 37.6 Å². The molecule has 0 fully saturated rings. The Morgan fingerprint density at radius 3 is 2.43 bits per heavy atom. The number of hydrogen-bond donors (Lipinski definition) is 1. The van der Waals surface area contributed by atoms with E-state index in [1.807, 2.05) is 12.1 Å². The number of furan rings is 1. The highest BCUT2D eigenvalue weighted by molar-refractivity contribution is 5.88. The van der Waals surface area contributed by atoms with Crippen LogP contribution >= 0.6 is 0 Å². The molecule has 0 aliphatic rings. The third kappa shape index (κ3) is 3.95. The summed E-state index contributed by atoms with van der Waals surface area (Å²) in [4.78, 5) is 21.9. The number of benzene rings is 1. The number of ketones is 1. The van der Waals surface area contributed by atoms with Crippen molar-refractivity contribution >= 4 is 11.8 Å². The predicted octanol–water partition coefficient (Wildman–Crippen LogP) is 3.00. The average molecular weight is 288 g/mol. The summed E-state index contributed by atoms with van der Waals surface area (Å²) in [7, 11) is 0. The summed E-state index contributed by atoms with van der Waals surface area (Å²) in [6, 6.07) is 8.65. The fraction of sp³-hybridized carbons (Fsp3) is 0.250. The van der Waals surface area contributed by atoms with E-state index in [0.717, 1.165) is 5.56 Å². The molecule has 0 aliphatic carbocycles. The molecule has 110 valence electrons. The molecule has 0 saturated carbocycles. The molecule has 0 spiro atoms. The second-order valence-corrected chi connectivity index (χ2v) is 4.80. The summed E-state index contributed by atoms with van der Waals surface area (Å²) in [6.45, 7) is 3.30. The van der Waals surface area contributed by atoms with Gasteiger partial charge in [-0.1, -0.05) is 12.1 Å². The molecule has 1 N–H and O–H groups in total. The number of aromatic carboxylic acids is 1. The Morgan fingerprint density at radius 2 is 1.90 bits per heavy atom. The van der Waals surface area contributed by atoms with E-state index >= 15 is 0 Å². The Bertz CT molecular complexity index is 652. The van der Waals surface area contributed by atoms with Crippen molar-refractivity contribution in [3.63, 3.8) is 0 Å². The lowest BCUT2D eigenvalue weighted by Gasteiger charge is -2.05. The van der Waals surface area contributed by atoms with Crippen molar-refractivity contribution in [2.75, 3.05) is 0 Å². The molecule has 0 aliphatic heterocycles. The van der Waals surface area contributed by atoms with Gasteiger partial charge < -0.3 is 14.3 Å². The molecule has 0 atom stereocenters. The van der Waals surface area contributed by atoms with Crippen LogP contribution in [0.5, 0.6) is 5.75 Å². The molecule has 0 amide bonds. The van der Waals surface area contributed by atoms with Crippen LogP contribution in [0.4, 0.5) is 0 Å². The van der Waals surface area contributed by atoms with Gasteiger partial charge in [-0.25, -0.2) is 4.79 Å². The average Bonchev–Trinajstić information content (AvgIpc) is 2.79. The van der Waals surface area contributed by atoms with Crippen molar-refractivity contribution in [1.29, 1.82) is 0 Å². The van der Waals surface area contributed by atoms with Crippen molar-refractivity contribution < 1.29 is 23.8 Å². The number of carbonyl (C=O) groups is 2. The number of carboxylic acid groups (broad SMARTS) is 1. The first-order valence-corrected chi connectivity index (χ1v) is 6.49. The second kappa shape index (κ2) is 6.26. The van der Waals surface area contributed by atoms with Crippen LogP contribution in [0.15, 0.2) is 34.7 Å². The van der Waals surface area contributed by atoms with E-state index in [-0.39, 0.29) is 18.0 Å². The van der Waals surface area contributed by atoms with E-state index in [1.54, 1.807) is 26.0 Å². The molecule has 0 radical (unpaired) electrons. The maximum Gasteiger partial charge on any atom is 0.339 e. The molecule has 21 heavy (non-hydrogen) atoms. The van der Waals surface area contributed by atoms with Gasteiger partial charge >= 0.3 is 5.97 Å². The third-order valence-electron chi connectivity index (χ3n) is 2.96. The number of hydrogen-bond acceptors (Lipinski definition) is 4. The van der Waals surface area contributed by atoms with Gasteiger partial charge in [0.05, 0.1) is 0 Å². The number of Topliss-reactive ketones (excluding diaryl/α,β-unsaturated/α-hetero) is 1. The summed E-state index contributed by atoms with van der Waals surface area (Å²) < 4.78 is 10.9. The highest BCUT2D eigenvalue weighted by Crippen LogP contribution is 2.18. The Morgan fingerprint density at radius 1 is 1.24 bits per heavy atom. The molecule has 0 unspecified atom stereocenters. The molecular formula is C16H16O5. The summed E-state index contributed by atoms with van der Waals surface area (Å²) in [5, 5.41) is 8.94. The SMILES string of the molecule is CC(=O)Cc1ccc(OCc2cc(C(=O)O)c(C)o2)cc1. The Balaban J connectivity index is 1.98. The number of carbonyl (C=O) groups excluding carboxylic acids is 1. The zero-order valence-electron chi connectivity index (χ0n) is 11.9. The van der Waals surface area contributed by atoms with E-state index < -0.39 is 5.97 Å². The maximum absolute atomic E-state index is 11.0. The number of ether oxygens (including phenoxy) is 1. The maximum atomic E-state index is 11.0. The molecule has 2 rings (SSSR count). The van der Waals surface area contributed by atoms with Gasteiger partial charge in [0.25, 0.3) is 0 Å². The molecule has 1 aromatic carbocycles. The van der Waals surface area contributed by atoms with Crippen molar-refractivity contribution in [3.8, 4) is 5.75 Å². The highest BCUT2D eigenvalue weighted by Gasteiger charge is 2.13. The zero-order valence-corrected chi connectivity index (χ0v) is 11.9. The van der Waals surface area contributed by atoms with Gasteiger partial charge in [0.15, 0.2) is 0 Å². The monoisotopic (exact) mass is 288 g/mol. The van der Waals surface area contributed by atoms with E-state index in [0.29, 0.717) is 23.7 Å². The topological polar surface area (TPSA) is 76.7 Å². The van der Waals surface area contributed by atoms with Gasteiger partial charge in [0.2, 0.25) is 0 Å². The van der Waals surface area contributed by atoms with Gasteiger partial charge in [-0.2, -0.15) is 0 Å². The molecule has 1 aromatic heterocycles. The van der Waals surface area contributed by atoms with Crippen LogP contribution in [0.2, 0.25) is 0 Å². The summed E-state index contributed by atoms with van der Waals surface area (Å²) >= 11 is 0. The zero-order chi connectivity index (χ0) is 15.4. The van der Waals surface area contributed by atoms with Crippen LogP contribution in [0.3, 0.4) is 0 Å². The fourth-order valence-corrected chi connectivity index (χ4v) is 1.97. The Hall–Kier alpha value is -2.56. The van der Waals surface area contributed by atoms with Crippen molar-refractivity contribution in [2.24, 2.45) is 0 Å². The van der Waals surface area contributed by atoms with E-state index in [4.69, 9.17) is 14.3 Å². The molecule has 0 bridgehead atoms. The number of rotatable bonds is 6. The lowest BCUT2D eigenvalue weighted by atomic mass is 10.1. The van der Waals surface area contributed by atoms with E-state index in [9.17, 15) is 9.59 Å². The number of aryl methyl sites for hydroxylation is 1. The van der Waals surface area contributed by atoms with Crippen molar-refractivity contribution in [1.82, 2.24) is 0 Å². The minimum Gasteiger partial charge on any atom is -0.486 e. The van der Waals surface area contributed by atoms with Crippen molar-refractivity contribution in [3.05, 3.63) is 53.0 Å². The molecular weight excluding hydrogens is 272 g/mol. The van der Waals surface area contributed by atoms with Crippen LogP contribution in [0, 0.1) is 6.92 Å². The first kappa shape index (κ1) is 14.8. The summed E-state index contributed by atoms with van der Waals surface area (Å²) in [5.74, 6) is 0.538. The molecule has 1 heterocycles. The molecule has 0 saturated heterocycles. The smallest absolute Gasteiger partial charge is 0.339 e. The molecule has 2 aromatic rings. The van der Waals surface area contributed by atoms with Gasteiger partial charge in [-0.3, -0.25) is 4.79 Å². The van der Waals surface area contributed by atoms with Crippen LogP contribution in [-0.4, -0.2) is 16.9 Å². The Labute approximate surface area is 122 Å². The summed E-state index contributed by atoms with van der Waals surface area (Å²) in [6.07, 6.45) is 0.402. The lowest BCUT2D eigenvalue weighted by molar-refractivity contribution is -0.116. The minimum absolute atomic E-state index is 0.107. The Kier molecular flexibility index (Phi) is 4.42. The van der Waals surface area contributed by atoms with Gasteiger partial charge in [0, 0.05) is 6.42 Å².